The summed E-state index contributed by atoms with van der Waals surface area (Å²) < 4.78 is 5.89. The van der Waals surface area contributed by atoms with Gasteiger partial charge in [0.25, 0.3) is 5.91 Å². The SMILES string of the molecule is CCN1CCO[C@H]2CCN(C(=O)c3ccccc3C)C[C@@H]21. The molecule has 2 atom stereocenters. The van der Waals surface area contributed by atoms with Crippen LogP contribution in [0.1, 0.15) is 29.3 Å². The van der Waals surface area contributed by atoms with Crippen molar-refractivity contribution in [3.8, 4) is 0 Å². The summed E-state index contributed by atoms with van der Waals surface area (Å²) in [7, 11) is 0. The number of morpholine rings is 1. The Bertz CT molecular complexity index is 511. The van der Waals surface area contributed by atoms with Gasteiger partial charge in [0.05, 0.1) is 18.8 Å². The molecule has 2 heterocycles. The van der Waals surface area contributed by atoms with Crippen molar-refractivity contribution in [2.45, 2.75) is 32.4 Å². The quantitative estimate of drug-likeness (QED) is 0.833. The van der Waals surface area contributed by atoms with E-state index in [-0.39, 0.29) is 5.91 Å². The van der Waals surface area contributed by atoms with E-state index < -0.39 is 0 Å². The van der Waals surface area contributed by atoms with E-state index in [4.69, 9.17) is 4.74 Å². The Hall–Kier alpha value is -1.39. The van der Waals surface area contributed by atoms with Crippen LogP contribution in [-0.4, -0.2) is 60.6 Å². The Kier molecular flexibility index (Phi) is 4.27. The number of fused-ring (bicyclic) bond motifs is 1. The van der Waals surface area contributed by atoms with Crippen molar-refractivity contribution in [1.82, 2.24) is 9.80 Å². The summed E-state index contributed by atoms with van der Waals surface area (Å²) in [5.74, 6) is 0.160. The van der Waals surface area contributed by atoms with Gasteiger partial charge >= 0.3 is 0 Å². The number of likely N-dealkylation sites (tertiary alicyclic amines) is 1. The van der Waals surface area contributed by atoms with Crippen LogP contribution in [0.3, 0.4) is 0 Å². The first-order valence-corrected chi connectivity index (χ1v) is 7.91. The van der Waals surface area contributed by atoms with Gasteiger partial charge in [0, 0.05) is 25.2 Å². The van der Waals surface area contributed by atoms with Crippen molar-refractivity contribution < 1.29 is 9.53 Å². The molecule has 0 bridgehead atoms. The van der Waals surface area contributed by atoms with E-state index in [1.54, 1.807) is 0 Å². The number of aryl methyl sites for hydroxylation is 1. The first kappa shape index (κ1) is 14.5. The van der Waals surface area contributed by atoms with Crippen LogP contribution in [0, 0.1) is 6.92 Å². The minimum Gasteiger partial charge on any atom is -0.375 e. The molecule has 0 spiro atoms. The number of amides is 1. The lowest BCUT2D eigenvalue weighted by atomic mass is 9.97. The average Bonchev–Trinajstić information content (AvgIpc) is 2.53. The van der Waals surface area contributed by atoms with Gasteiger partial charge in [-0.3, -0.25) is 9.69 Å². The van der Waals surface area contributed by atoms with Crippen molar-refractivity contribution in [2.75, 3.05) is 32.8 Å². The smallest absolute Gasteiger partial charge is 0.254 e. The molecular formula is C17H24N2O2. The summed E-state index contributed by atoms with van der Waals surface area (Å²) in [5.41, 5.74) is 1.88. The Labute approximate surface area is 126 Å². The fourth-order valence-electron chi connectivity index (χ4n) is 3.50. The first-order valence-electron chi connectivity index (χ1n) is 7.91. The van der Waals surface area contributed by atoms with Gasteiger partial charge in [-0.1, -0.05) is 25.1 Å². The highest BCUT2D eigenvalue weighted by Crippen LogP contribution is 2.24. The van der Waals surface area contributed by atoms with Crippen LogP contribution in [0.5, 0.6) is 0 Å². The minimum atomic E-state index is 0.160. The van der Waals surface area contributed by atoms with E-state index in [2.05, 4.69) is 11.8 Å². The maximum atomic E-state index is 12.8. The summed E-state index contributed by atoms with van der Waals surface area (Å²) in [6.45, 7) is 8.59. The summed E-state index contributed by atoms with van der Waals surface area (Å²) in [6, 6.07) is 8.20. The van der Waals surface area contributed by atoms with Gasteiger partial charge in [-0.2, -0.15) is 0 Å². The molecule has 1 amide bonds. The predicted octanol–water partition coefficient (Wildman–Crippen LogP) is 1.93. The highest BCUT2D eigenvalue weighted by Gasteiger charge is 2.38. The molecule has 0 saturated carbocycles. The summed E-state index contributed by atoms with van der Waals surface area (Å²) in [5, 5.41) is 0. The van der Waals surface area contributed by atoms with Crippen molar-refractivity contribution >= 4 is 5.91 Å². The summed E-state index contributed by atoms with van der Waals surface area (Å²) >= 11 is 0. The second-order valence-electron chi connectivity index (χ2n) is 5.96. The third kappa shape index (κ3) is 2.83. The van der Waals surface area contributed by atoms with Crippen molar-refractivity contribution in [3.05, 3.63) is 35.4 Å². The van der Waals surface area contributed by atoms with Crippen molar-refractivity contribution in [3.63, 3.8) is 0 Å². The van der Waals surface area contributed by atoms with Gasteiger partial charge in [0.15, 0.2) is 0 Å². The number of ether oxygens (including phenoxy) is 1. The molecule has 2 saturated heterocycles. The van der Waals surface area contributed by atoms with Gasteiger partial charge in [-0.15, -0.1) is 0 Å². The molecule has 1 aromatic rings. The third-order valence-corrected chi connectivity index (χ3v) is 4.77. The van der Waals surface area contributed by atoms with Gasteiger partial charge in [0.1, 0.15) is 0 Å². The number of carbonyl (C=O) groups excluding carboxylic acids is 1. The van der Waals surface area contributed by atoms with Crippen LogP contribution in [0.2, 0.25) is 0 Å². The van der Waals surface area contributed by atoms with Crippen molar-refractivity contribution in [2.24, 2.45) is 0 Å². The number of benzene rings is 1. The lowest BCUT2D eigenvalue weighted by Gasteiger charge is -2.46. The average molecular weight is 288 g/mol. The Morgan fingerprint density at radius 3 is 2.90 bits per heavy atom. The number of hydrogen-bond donors (Lipinski definition) is 0. The molecule has 1 aromatic carbocycles. The molecule has 0 N–H and O–H groups in total. The highest BCUT2D eigenvalue weighted by atomic mass is 16.5. The number of nitrogens with zero attached hydrogens (tertiary/aromatic N) is 2. The molecule has 21 heavy (non-hydrogen) atoms. The second-order valence-corrected chi connectivity index (χ2v) is 5.96. The second kappa shape index (κ2) is 6.16. The number of rotatable bonds is 2. The molecule has 2 aliphatic heterocycles. The maximum absolute atomic E-state index is 12.8. The van der Waals surface area contributed by atoms with Gasteiger partial charge in [-0.25, -0.2) is 0 Å². The summed E-state index contributed by atoms with van der Waals surface area (Å²) in [4.78, 5) is 17.2. The molecule has 114 valence electrons. The monoisotopic (exact) mass is 288 g/mol. The van der Waals surface area contributed by atoms with E-state index >= 15 is 0 Å². The Morgan fingerprint density at radius 2 is 2.14 bits per heavy atom. The van der Waals surface area contributed by atoms with Crippen molar-refractivity contribution in [1.29, 1.82) is 0 Å². The zero-order valence-electron chi connectivity index (χ0n) is 12.9. The fourth-order valence-corrected chi connectivity index (χ4v) is 3.50. The number of hydrogen-bond acceptors (Lipinski definition) is 3. The normalized spacial score (nSPS) is 26.5. The van der Waals surface area contributed by atoms with Crippen LogP contribution in [0.15, 0.2) is 24.3 Å². The van der Waals surface area contributed by atoms with E-state index in [0.717, 1.165) is 50.3 Å². The van der Waals surface area contributed by atoms with Crippen LogP contribution in [-0.2, 0) is 4.74 Å². The Morgan fingerprint density at radius 1 is 1.33 bits per heavy atom. The van der Waals surface area contributed by atoms with E-state index in [9.17, 15) is 4.79 Å². The van der Waals surface area contributed by atoms with Gasteiger partial charge in [-0.05, 0) is 31.5 Å². The largest absolute Gasteiger partial charge is 0.375 e. The molecular weight excluding hydrogens is 264 g/mol. The van der Waals surface area contributed by atoms with Crippen LogP contribution in [0.4, 0.5) is 0 Å². The van der Waals surface area contributed by atoms with E-state index in [1.807, 2.05) is 36.1 Å². The van der Waals surface area contributed by atoms with Gasteiger partial charge in [0.2, 0.25) is 0 Å². The minimum absolute atomic E-state index is 0.160. The standard InChI is InChI=1S/C17H24N2O2/c1-3-18-10-11-21-16-8-9-19(12-15(16)18)17(20)14-7-5-4-6-13(14)2/h4-7,15-16H,3,8-12H2,1-2H3/t15-,16-/m0/s1. The predicted molar refractivity (Wildman–Crippen MR) is 82.5 cm³/mol. The van der Waals surface area contributed by atoms with E-state index in [0.29, 0.717) is 12.1 Å². The zero-order valence-corrected chi connectivity index (χ0v) is 12.9. The van der Waals surface area contributed by atoms with Crippen LogP contribution >= 0.6 is 0 Å². The highest BCUT2D eigenvalue weighted by molar-refractivity contribution is 5.95. The lowest BCUT2D eigenvalue weighted by molar-refractivity contribution is -0.0962. The lowest BCUT2D eigenvalue weighted by Crippen LogP contribution is -2.60. The third-order valence-electron chi connectivity index (χ3n) is 4.77. The molecule has 0 unspecified atom stereocenters. The van der Waals surface area contributed by atoms with Crippen LogP contribution < -0.4 is 0 Å². The number of carbonyl (C=O) groups is 1. The first-order chi connectivity index (χ1) is 10.2. The zero-order chi connectivity index (χ0) is 14.8. The van der Waals surface area contributed by atoms with E-state index in [1.165, 1.54) is 0 Å². The molecule has 0 aromatic heterocycles. The molecule has 4 nitrogen and oxygen atoms in total. The number of piperidine rings is 1. The Balaban J connectivity index is 1.75. The molecule has 0 aliphatic carbocycles. The van der Waals surface area contributed by atoms with Crippen LogP contribution in [0.25, 0.3) is 0 Å². The topological polar surface area (TPSA) is 32.8 Å². The molecule has 4 heteroatoms. The number of likely N-dealkylation sites (N-methyl/N-ethyl adjacent to an activating group) is 1. The molecule has 3 rings (SSSR count). The molecule has 0 radical (unpaired) electrons. The van der Waals surface area contributed by atoms with Gasteiger partial charge < -0.3 is 9.64 Å². The summed E-state index contributed by atoms with van der Waals surface area (Å²) in [6.07, 6.45) is 1.23. The molecule has 2 fully saturated rings. The molecule has 2 aliphatic rings. The fraction of sp³-hybridized carbons (Fsp3) is 0.588. The maximum Gasteiger partial charge on any atom is 0.254 e.